The molecular weight excluding hydrogens is 318 g/mol. The lowest BCUT2D eigenvalue weighted by atomic mass is 9.96. The summed E-state index contributed by atoms with van der Waals surface area (Å²) in [5.74, 6) is -0.118. The van der Waals surface area contributed by atoms with Crippen molar-refractivity contribution in [3.8, 4) is 11.5 Å². The molecule has 0 atom stereocenters. The quantitative estimate of drug-likeness (QED) is 0.703. The molecule has 0 bridgehead atoms. The van der Waals surface area contributed by atoms with E-state index in [0.717, 1.165) is 0 Å². The van der Waals surface area contributed by atoms with Gasteiger partial charge < -0.3 is 4.42 Å². The molecule has 0 fully saturated rings. The van der Waals surface area contributed by atoms with E-state index in [2.05, 4.69) is 15.8 Å². The van der Waals surface area contributed by atoms with Crippen LogP contribution in [0, 0.1) is 5.41 Å². The summed E-state index contributed by atoms with van der Waals surface area (Å²) >= 11 is 0. The van der Waals surface area contributed by atoms with Crippen molar-refractivity contribution in [1.29, 1.82) is 0 Å². The summed E-state index contributed by atoms with van der Waals surface area (Å²) in [6.45, 7) is 5.31. The number of hydrogen-bond acceptors (Lipinski definition) is 4. The highest BCUT2D eigenvalue weighted by molar-refractivity contribution is 6.07. The second-order valence-electron chi connectivity index (χ2n) is 6.71. The van der Waals surface area contributed by atoms with E-state index in [1.54, 1.807) is 45.2 Å². The predicted molar refractivity (Wildman–Crippen MR) is 94.5 cm³/mol. The van der Waals surface area contributed by atoms with Crippen LogP contribution in [-0.4, -0.2) is 16.8 Å². The van der Waals surface area contributed by atoms with E-state index in [1.807, 2.05) is 24.3 Å². The number of nitrogens with zero attached hydrogens (tertiary/aromatic N) is 1. The number of hydrazine groups is 1. The van der Waals surface area contributed by atoms with E-state index in [-0.39, 0.29) is 5.91 Å². The average Bonchev–Trinajstić information content (AvgIpc) is 3.12. The maximum Gasteiger partial charge on any atom is 0.270 e. The smallest absolute Gasteiger partial charge is 0.270 e. The van der Waals surface area contributed by atoms with Gasteiger partial charge in [0.2, 0.25) is 5.91 Å². The third kappa shape index (κ3) is 3.52. The number of pyridine rings is 1. The van der Waals surface area contributed by atoms with Crippen molar-refractivity contribution < 1.29 is 14.0 Å². The SMILES string of the molecule is CC(C)(C)C(=O)NNC(=O)c1cc(-c2ccco2)nc2ccccc12. The fourth-order valence-electron chi connectivity index (χ4n) is 2.28. The van der Waals surface area contributed by atoms with Crippen LogP contribution in [0.2, 0.25) is 0 Å². The maximum absolute atomic E-state index is 12.6. The van der Waals surface area contributed by atoms with Crippen LogP contribution in [-0.2, 0) is 4.79 Å². The van der Waals surface area contributed by atoms with Gasteiger partial charge in [-0.05, 0) is 24.3 Å². The van der Waals surface area contributed by atoms with Gasteiger partial charge in [0, 0.05) is 10.8 Å². The van der Waals surface area contributed by atoms with Crippen molar-refractivity contribution in [2.24, 2.45) is 5.41 Å². The van der Waals surface area contributed by atoms with Crippen LogP contribution < -0.4 is 10.9 Å². The van der Waals surface area contributed by atoms with Crippen molar-refractivity contribution in [2.75, 3.05) is 0 Å². The van der Waals surface area contributed by atoms with Gasteiger partial charge in [0.25, 0.3) is 5.91 Å². The topological polar surface area (TPSA) is 84.2 Å². The molecule has 0 aliphatic heterocycles. The Bertz CT molecular complexity index is 925. The van der Waals surface area contributed by atoms with Crippen molar-refractivity contribution >= 4 is 22.7 Å². The fourth-order valence-corrected chi connectivity index (χ4v) is 2.28. The van der Waals surface area contributed by atoms with Crippen LogP contribution in [0.1, 0.15) is 31.1 Å². The van der Waals surface area contributed by atoms with Crippen LogP contribution in [0.3, 0.4) is 0 Å². The first kappa shape index (κ1) is 16.7. The number of para-hydroxylation sites is 1. The first-order valence-electron chi connectivity index (χ1n) is 7.91. The Morgan fingerprint density at radius 3 is 2.48 bits per heavy atom. The van der Waals surface area contributed by atoms with Gasteiger partial charge in [-0.3, -0.25) is 20.4 Å². The van der Waals surface area contributed by atoms with E-state index in [0.29, 0.717) is 27.9 Å². The van der Waals surface area contributed by atoms with E-state index in [1.165, 1.54) is 0 Å². The Morgan fingerprint density at radius 2 is 1.80 bits per heavy atom. The number of carbonyl (C=O) groups excluding carboxylic acids is 2. The molecule has 0 spiro atoms. The molecule has 3 rings (SSSR count). The average molecular weight is 337 g/mol. The van der Waals surface area contributed by atoms with E-state index in [4.69, 9.17) is 4.42 Å². The third-order valence-corrected chi connectivity index (χ3v) is 3.71. The summed E-state index contributed by atoms with van der Waals surface area (Å²) in [5.41, 5.74) is 5.96. The molecule has 6 heteroatoms. The van der Waals surface area contributed by atoms with Gasteiger partial charge in [-0.1, -0.05) is 39.0 Å². The molecule has 0 radical (unpaired) electrons. The van der Waals surface area contributed by atoms with Crippen LogP contribution in [0.15, 0.2) is 53.1 Å². The minimum Gasteiger partial charge on any atom is -0.463 e. The molecular formula is C19H19N3O3. The number of rotatable bonds is 2. The summed E-state index contributed by atoms with van der Waals surface area (Å²) in [6, 6.07) is 12.5. The maximum atomic E-state index is 12.6. The largest absolute Gasteiger partial charge is 0.463 e. The molecule has 0 saturated heterocycles. The number of nitrogens with one attached hydrogen (secondary N) is 2. The molecule has 25 heavy (non-hydrogen) atoms. The predicted octanol–water partition coefficient (Wildman–Crippen LogP) is 3.30. The number of hydrogen-bond donors (Lipinski definition) is 2. The molecule has 6 nitrogen and oxygen atoms in total. The number of fused-ring (bicyclic) bond motifs is 1. The first-order chi connectivity index (χ1) is 11.9. The first-order valence-corrected chi connectivity index (χ1v) is 7.91. The van der Waals surface area contributed by atoms with Crippen molar-refractivity contribution in [1.82, 2.24) is 15.8 Å². The van der Waals surface area contributed by atoms with E-state index < -0.39 is 11.3 Å². The molecule has 0 aliphatic carbocycles. The van der Waals surface area contributed by atoms with Crippen LogP contribution in [0.25, 0.3) is 22.4 Å². The minimum atomic E-state index is -0.604. The molecule has 2 heterocycles. The molecule has 0 unspecified atom stereocenters. The molecule has 1 aromatic carbocycles. The zero-order valence-electron chi connectivity index (χ0n) is 14.3. The van der Waals surface area contributed by atoms with Crippen LogP contribution in [0.4, 0.5) is 0 Å². The molecule has 2 aromatic heterocycles. The standard InChI is InChI=1S/C19H19N3O3/c1-19(2,3)18(24)22-21-17(23)13-11-15(16-9-6-10-25-16)20-14-8-5-4-7-12(13)14/h4-11H,1-3H3,(H,21,23)(H,22,24). The second kappa shape index (κ2) is 6.39. The zero-order chi connectivity index (χ0) is 18.0. The summed E-state index contributed by atoms with van der Waals surface area (Å²) < 4.78 is 5.38. The zero-order valence-corrected chi connectivity index (χ0v) is 14.3. The van der Waals surface area contributed by atoms with Crippen LogP contribution >= 0.6 is 0 Å². The summed E-state index contributed by atoms with van der Waals surface area (Å²) in [7, 11) is 0. The molecule has 128 valence electrons. The van der Waals surface area contributed by atoms with Gasteiger partial charge in [0.15, 0.2) is 5.76 Å². The highest BCUT2D eigenvalue weighted by Gasteiger charge is 2.22. The lowest BCUT2D eigenvalue weighted by Crippen LogP contribution is -2.46. The number of amides is 2. The molecule has 3 aromatic rings. The summed E-state index contributed by atoms with van der Waals surface area (Å²) in [6.07, 6.45) is 1.55. The second-order valence-corrected chi connectivity index (χ2v) is 6.71. The Morgan fingerprint density at radius 1 is 1.04 bits per heavy atom. The molecule has 0 aliphatic rings. The van der Waals surface area contributed by atoms with Gasteiger partial charge in [0.1, 0.15) is 5.69 Å². The van der Waals surface area contributed by atoms with Crippen molar-refractivity contribution in [3.05, 3.63) is 54.3 Å². The van der Waals surface area contributed by atoms with Crippen molar-refractivity contribution in [2.45, 2.75) is 20.8 Å². The third-order valence-electron chi connectivity index (χ3n) is 3.71. The lowest BCUT2D eigenvalue weighted by molar-refractivity contribution is -0.129. The number of carbonyl (C=O) groups is 2. The normalized spacial score (nSPS) is 11.3. The number of aromatic nitrogens is 1. The lowest BCUT2D eigenvalue weighted by Gasteiger charge is -2.18. The highest BCUT2D eigenvalue weighted by atomic mass is 16.3. The number of furan rings is 1. The van der Waals surface area contributed by atoms with Gasteiger partial charge >= 0.3 is 0 Å². The molecule has 2 amide bonds. The summed E-state index contributed by atoms with van der Waals surface area (Å²) in [5, 5.41) is 0.695. The van der Waals surface area contributed by atoms with Gasteiger partial charge in [-0.2, -0.15) is 0 Å². The molecule has 0 saturated carbocycles. The Balaban J connectivity index is 1.97. The van der Waals surface area contributed by atoms with Gasteiger partial charge in [0.05, 0.1) is 17.3 Å². The molecule has 2 N–H and O–H groups in total. The summed E-state index contributed by atoms with van der Waals surface area (Å²) in [4.78, 5) is 29.1. The van der Waals surface area contributed by atoms with E-state index >= 15 is 0 Å². The number of benzene rings is 1. The van der Waals surface area contributed by atoms with Gasteiger partial charge in [-0.25, -0.2) is 4.98 Å². The van der Waals surface area contributed by atoms with Crippen molar-refractivity contribution in [3.63, 3.8) is 0 Å². The Hall–Kier alpha value is -3.15. The van der Waals surface area contributed by atoms with Crippen LogP contribution in [0.5, 0.6) is 0 Å². The Labute approximate surface area is 145 Å². The monoisotopic (exact) mass is 337 g/mol. The highest BCUT2D eigenvalue weighted by Crippen LogP contribution is 2.25. The Kier molecular flexibility index (Phi) is 4.27. The fraction of sp³-hybridized carbons (Fsp3) is 0.211. The van der Waals surface area contributed by atoms with E-state index in [9.17, 15) is 9.59 Å². The minimum absolute atomic E-state index is 0.273. The van der Waals surface area contributed by atoms with Gasteiger partial charge in [-0.15, -0.1) is 0 Å².